The molecule has 3 aromatic rings. The number of thioether (sulfide) groups is 1. The van der Waals surface area contributed by atoms with Gasteiger partial charge in [-0.15, -0.1) is 0 Å². The molecule has 124 valence electrons. The Balaban J connectivity index is 1.77. The van der Waals surface area contributed by atoms with E-state index in [1.54, 1.807) is 4.90 Å². The van der Waals surface area contributed by atoms with Gasteiger partial charge in [-0.25, -0.2) is 4.98 Å². The minimum Gasteiger partial charge on any atom is -0.333 e. The highest BCUT2D eigenvalue weighted by Gasteiger charge is 2.22. The highest BCUT2D eigenvalue weighted by atomic mass is 35.5. The minimum atomic E-state index is -0.249. The summed E-state index contributed by atoms with van der Waals surface area (Å²) in [5.41, 5.74) is 2.63. The molecule has 1 N–H and O–H groups in total. The van der Waals surface area contributed by atoms with E-state index in [4.69, 9.17) is 11.6 Å². The lowest BCUT2D eigenvalue weighted by Gasteiger charge is -2.23. The van der Waals surface area contributed by atoms with Gasteiger partial charge in [0, 0.05) is 17.3 Å². The number of hydrogen-bond acceptors (Lipinski definition) is 3. The molecule has 4 nitrogen and oxygen atoms in total. The molecular weight excluding hydrogens is 342 g/mol. The Hall–Kier alpha value is -1.98. The molecule has 0 aliphatic heterocycles. The smallest absolute Gasteiger partial charge is 0.240 e. The summed E-state index contributed by atoms with van der Waals surface area (Å²) in [6, 6.07) is 15.2. The van der Waals surface area contributed by atoms with Gasteiger partial charge in [-0.3, -0.25) is 4.79 Å². The van der Waals surface area contributed by atoms with Crippen molar-refractivity contribution < 1.29 is 4.79 Å². The van der Waals surface area contributed by atoms with E-state index in [2.05, 4.69) is 9.97 Å². The summed E-state index contributed by atoms with van der Waals surface area (Å²) in [6.07, 6.45) is 0. The summed E-state index contributed by atoms with van der Waals surface area (Å²) in [5.74, 6) is 0.0622. The summed E-state index contributed by atoms with van der Waals surface area (Å²) in [4.78, 5) is 22.3. The van der Waals surface area contributed by atoms with Crippen LogP contribution in [0.5, 0.6) is 0 Å². The maximum Gasteiger partial charge on any atom is 0.240 e. The Labute approximate surface area is 150 Å². The molecule has 0 spiro atoms. The van der Waals surface area contributed by atoms with Gasteiger partial charge in [0.15, 0.2) is 5.16 Å². The van der Waals surface area contributed by atoms with Crippen LogP contribution in [-0.2, 0) is 4.79 Å². The molecule has 1 aromatic heterocycles. The largest absolute Gasteiger partial charge is 0.333 e. The summed E-state index contributed by atoms with van der Waals surface area (Å²) in [5, 5.41) is 1.13. The predicted molar refractivity (Wildman–Crippen MR) is 101 cm³/mol. The zero-order valence-electron chi connectivity index (χ0n) is 13.5. The standard InChI is InChI=1S/C18H18ClN3OS/c1-3-22(14-7-5-4-6-8-14)17(23)12(2)24-18-20-15-10-9-13(19)11-16(15)21-18/h4-12H,3H2,1-2H3,(H,20,21)/t12-/m0/s1. The van der Waals surface area contributed by atoms with Gasteiger partial charge in [0.2, 0.25) is 5.91 Å². The first kappa shape index (κ1) is 16.9. The van der Waals surface area contributed by atoms with Gasteiger partial charge < -0.3 is 9.88 Å². The third-order valence-corrected chi connectivity index (χ3v) is 4.92. The third kappa shape index (κ3) is 3.57. The van der Waals surface area contributed by atoms with Gasteiger partial charge in [-0.2, -0.15) is 0 Å². The molecule has 6 heteroatoms. The molecule has 3 rings (SSSR count). The monoisotopic (exact) mass is 359 g/mol. The van der Waals surface area contributed by atoms with E-state index in [9.17, 15) is 4.79 Å². The number of anilines is 1. The van der Waals surface area contributed by atoms with Crippen LogP contribution in [0.2, 0.25) is 5.02 Å². The molecule has 2 aromatic carbocycles. The zero-order valence-corrected chi connectivity index (χ0v) is 15.1. The summed E-state index contributed by atoms with van der Waals surface area (Å²) < 4.78 is 0. The molecule has 0 radical (unpaired) electrons. The fourth-order valence-electron chi connectivity index (χ4n) is 2.53. The van der Waals surface area contributed by atoms with Crippen molar-refractivity contribution in [2.75, 3.05) is 11.4 Å². The van der Waals surface area contributed by atoms with E-state index in [0.717, 1.165) is 21.9 Å². The lowest BCUT2D eigenvalue weighted by Crippen LogP contribution is -2.36. The van der Waals surface area contributed by atoms with Gasteiger partial charge in [0.1, 0.15) is 0 Å². The van der Waals surface area contributed by atoms with E-state index < -0.39 is 0 Å². The molecule has 0 saturated heterocycles. The van der Waals surface area contributed by atoms with Crippen molar-refractivity contribution in [3.05, 3.63) is 53.6 Å². The van der Waals surface area contributed by atoms with Crippen LogP contribution >= 0.6 is 23.4 Å². The Bertz CT molecular complexity index is 850. The molecular formula is C18H18ClN3OS. The van der Waals surface area contributed by atoms with Gasteiger partial charge in [0.25, 0.3) is 0 Å². The summed E-state index contributed by atoms with van der Waals surface area (Å²) in [6.45, 7) is 4.51. The van der Waals surface area contributed by atoms with E-state index >= 15 is 0 Å². The number of aromatic nitrogens is 2. The van der Waals surface area contributed by atoms with Crippen molar-refractivity contribution in [3.63, 3.8) is 0 Å². The first-order valence-electron chi connectivity index (χ1n) is 7.77. The highest BCUT2D eigenvalue weighted by molar-refractivity contribution is 8.00. The molecule has 0 aliphatic rings. The molecule has 24 heavy (non-hydrogen) atoms. The zero-order chi connectivity index (χ0) is 17.1. The lowest BCUT2D eigenvalue weighted by molar-refractivity contribution is -0.117. The lowest BCUT2D eigenvalue weighted by atomic mass is 10.2. The summed E-state index contributed by atoms with van der Waals surface area (Å²) >= 11 is 7.42. The van der Waals surface area contributed by atoms with Crippen molar-refractivity contribution in [1.29, 1.82) is 0 Å². The number of carbonyl (C=O) groups is 1. The number of amides is 1. The van der Waals surface area contributed by atoms with Crippen LogP contribution in [0.15, 0.2) is 53.7 Å². The molecule has 1 heterocycles. The van der Waals surface area contributed by atoms with Crippen molar-refractivity contribution >= 4 is 46.0 Å². The van der Waals surface area contributed by atoms with Crippen LogP contribution < -0.4 is 4.90 Å². The Kier molecular flexibility index (Phi) is 5.11. The average Bonchev–Trinajstić information content (AvgIpc) is 2.97. The first-order valence-corrected chi connectivity index (χ1v) is 9.02. The minimum absolute atomic E-state index is 0.0622. The second kappa shape index (κ2) is 7.28. The first-order chi connectivity index (χ1) is 11.6. The quantitative estimate of drug-likeness (QED) is 0.669. The van der Waals surface area contributed by atoms with Crippen LogP contribution in [-0.4, -0.2) is 27.7 Å². The molecule has 0 bridgehead atoms. The number of aromatic amines is 1. The normalized spacial score (nSPS) is 12.3. The average molecular weight is 360 g/mol. The van der Waals surface area contributed by atoms with Crippen molar-refractivity contribution in [2.45, 2.75) is 24.3 Å². The number of hydrogen-bond donors (Lipinski definition) is 1. The van der Waals surface area contributed by atoms with Crippen LogP contribution in [0.4, 0.5) is 5.69 Å². The Morgan fingerprint density at radius 2 is 2.04 bits per heavy atom. The maximum absolute atomic E-state index is 12.8. The number of para-hydroxylation sites is 1. The van der Waals surface area contributed by atoms with E-state index in [1.807, 2.05) is 62.4 Å². The number of carbonyl (C=O) groups excluding carboxylic acids is 1. The predicted octanol–water partition coefficient (Wildman–Crippen LogP) is 4.75. The van der Waals surface area contributed by atoms with E-state index in [0.29, 0.717) is 11.6 Å². The Morgan fingerprint density at radius 3 is 2.75 bits per heavy atom. The number of imidazole rings is 1. The van der Waals surface area contributed by atoms with Crippen LogP contribution in [0, 0.1) is 0 Å². The van der Waals surface area contributed by atoms with Gasteiger partial charge in [-0.1, -0.05) is 41.6 Å². The van der Waals surface area contributed by atoms with Crippen molar-refractivity contribution in [3.8, 4) is 0 Å². The SMILES string of the molecule is CCN(C(=O)[C@H](C)Sc1nc2ccc(Cl)cc2[nH]1)c1ccccc1. The van der Waals surface area contributed by atoms with Crippen LogP contribution in [0.3, 0.4) is 0 Å². The Morgan fingerprint density at radius 1 is 1.29 bits per heavy atom. The number of rotatable bonds is 5. The maximum atomic E-state index is 12.8. The topological polar surface area (TPSA) is 49.0 Å². The molecule has 1 atom stereocenters. The van der Waals surface area contributed by atoms with Crippen LogP contribution in [0.25, 0.3) is 11.0 Å². The number of fused-ring (bicyclic) bond motifs is 1. The number of nitrogens with one attached hydrogen (secondary N) is 1. The van der Waals surface area contributed by atoms with E-state index in [-0.39, 0.29) is 11.2 Å². The van der Waals surface area contributed by atoms with E-state index in [1.165, 1.54) is 11.8 Å². The van der Waals surface area contributed by atoms with Crippen molar-refractivity contribution in [1.82, 2.24) is 9.97 Å². The van der Waals surface area contributed by atoms with Crippen LogP contribution in [0.1, 0.15) is 13.8 Å². The summed E-state index contributed by atoms with van der Waals surface area (Å²) in [7, 11) is 0. The molecule has 0 saturated carbocycles. The number of benzene rings is 2. The number of H-pyrrole nitrogens is 1. The molecule has 1 amide bonds. The highest BCUT2D eigenvalue weighted by Crippen LogP contribution is 2.27. The molecule has 0 fully saturated rings. The second-order valence-electron chi connectivity index (χ2n) is 5.38. The van der Waals surface area contributed by atoms with Gasteiger partial charge >= 0.3 is 0 Å². The molecule has 0 aliphatic carbocycles. The second-order valence-corrected chi connectivity index (χ2v) is 7.15. The van der Waals surface area contributed by atoms with Gasteiger partial charge in [0.05, 0.1) is 16.3 Å². The van der Waals surface area contributed by atoms with Gasteiger partial charge in [-0.05, 0) is 44.2 Å². The number of halogens is 1. The molecule has 0 unspecified atom stereocenters. The fraction of sp³-hybridized carbons (Fsp3) is 0.222. The fourth-order valence-corrected chi connectivity index (χ4v) is 3.58. The third-order valence-electron chi connectivity index (χ3n) is 3.71. The van der Waals surface area contributed by atoms with Crippen molar-refractivity contribution in [2.24, 2.45) is 0 Å². The number of nitrogens with zero attached hydrogens (tertiary/aromatic N) is 2.